The molecule has 1 aliphatic carbocycles. The first-order valence-electron chi connectivity index (χ1n) is 10.2. The largest absolute Gasteiger partial charge is 0.283 e. The molecule has 3 heterocycles. The molecule has 0 bridgehead atoms. The number of rotatable bonds is 3. The van der Waals surface area contributed by atoms with E-state index >= 15 is 0 Å². The molecule has 0 radical (unpaired) electrons. The third-order valence-electron chi connectivity index (χ3n) is 6.00. The van der Waals surface area contributed by atoms with Gasteiger partial charge in [0.25, 0.3) is 0 Å². The molecule has 5 aromatic rings. The Labute approximate surface area is 181 Å². The minimum absolute atomic E-state index is 0.114. The molecule has 1 atom stereocenters. The van der Waals surface area contributed by atoms with Crippen LogP contribution in [0.2, 0.25) is 0 Å². The zero-order valence-corrected chi connectivity index (χ0v) is 18.2. The smallest absolute Gasteiger partial charge is 0.241 e. The Kier molecular flexibility index (Phi) is 4.21. The maximum Gasteiger partial charge on any atom is 0.241 e. The first-order valence-corrected chi connectivity index (χ1v) is 12.0. The maximum absolute atomic E-state index is 13.4. The number of benzene rings is 2. The van der Waals surface area contributed by atoms with Crippen LogP contribution in [-0.4, -0.2) is 30.8 Å². The number of nitrogens with zero attached hydrogens (tertiary/aromatic N) is 4. The molecule has 150 valence electrons. The molecule has 7 heteroatoms. The normalized spacial score (nSPS) is 16.5. The van der Waals surface area contributed by atoms with Crippen LogP contribution in [-0.2, 0) is 12.8 Å². The van der Waals surface area contributed by atoms with E-state index < -0.39 is 0 Å². The van der Waals surface area contributed by atoms with E-state index in [0.717, 1.165) is 40.4 Å². The van der Waals surface area contributed by atoms with E-state index in [9.17, 15) is 4.79 Å². The molecule has 6 rings (SSSR count). The average molecular weight is 433 g/mol. The van der Waals surface area contributed by atoms with Gasteiger partial charge in [0.15, 0.2) is 5.16 Å². The predicted octanol–water partition coefficient (Wildman–Crippen LogP) is 5.46. The van der Waals surface area contributed by atoms with Crippen molar-refractivity contribution < 1.29 is 4.79 Å². The molecule has 0 spiro atoms. The van der Waals surface area contributed by atoms with Crippen molar-refractivity contribution >= 4 is 55.1 Å². The molecule has 0 saturated heterocycles. The number of aromatic nitrogens is 4. The first kappa shape index (κ1) is 18.2. The Morgan fingerprint density at radius 3 is 2.83 bits per heavy atom. The molecule has 0 fully saturated rings. The third kappa shape index (κ3) is 2.72. The van der Waals surface area contributed by atoms with Crippen molar-refractivity contribution in [1.82, 2.24) is 19.2 Å². The topological polar surface area (TPSA) is 52.2 Å². The van der Waals surface area contributed by atoms with Gasteiger partial charge in [0.1, 0.15) is 0 Å². The van der Waals surface area contributed by atoms with Crippen LogP contribution in [0.1, 0.15) is 29.4 Å². The van der Waals surface area contributed by atoms with E-state index in [1.54, 1.807) is 11.3 Å². The van der Waals surface area contributed by atoms with Gasteiger partial charge in [-0.2, -0.15) is 0 Å². The lowest BCUT2D eigenvalue weighted by Gasteiger charge is -2.20. The molecule has 3 aromatic heterocycles. The van der Waals surface area contributed by atoms with Crippen LogP contribution in [0.4, 0.5) is 0 Å². The van der Waals surface area contributed by atoms with Crippen LogP contribution in [0.5, 0.6) is 0 Å². The number of hydrogen-bond donors (Lipinski definition) is 0. The standard InChI is InChI=1S/C23H20N4OS2/c1-14-10-11-18-16(12-14)15-6-2-3-7-17(15)26(18)21(28)13-29-22-24-25-23-27(22)19-8-4-5-9-20(19)30-23/h2-9,14H,10-13H2,1H3/t14-/m1/s1. The van der Waals surface area contributed by atoms with Crippen molar-refractivity contribution in [2.45, 2.75) is 31.3 Å². The van der Waals surface area contributed by atoms with Gasteiger partial charge in [-0.05, 0) is 48.9 Å². The van der Waals surface area contributed by atoms with Crippen molar-refractivity contribution in [2.24, 2.45) is 5.92 Å². The monoisotopic (exact) mass is 432 g/mol. The molecule has 2 aromatic carbocycles. The molecule has 30 heavy (non-hydrogen) atoms. The van der Waals surface area contributed by atoms with Crippen molar-refractivity contribution in [3.63, 3.8) is 0 Å². The highest BCUT2D eigenvalue weighted by molar-refractivity contribution is 7.99. The second-order valence-corrected chi connectivity index (χ2v) is 9.93. The molecule has 0 saturated carbocycles. The second-order valence-electron chi connectivity index (χ2n) is 7.98. The molecular formula is C23H20N4OS2. The molecular weight excluding hydrogens is 412 g/mol. The summed E-state index contributed by atoms with van der Waals surface area (Å²) in [7, 11) is 0. The minimum atomic E-state index is 0.114. The zero-order valence-electron chi connectivity index (χ0n) is 16.5. The summed E-state index contributed by atoms with van der Waals surface area (Å²) in [4.78, 5) is 14.3. The molecule has 1 aliphatic rings. The number of thiazole rings is 1. The van der Waals surface area contributed by atoms with Gasteiger partial charge in [0.2, 0.25) is 10.9 Å². The quantitative estimate of drug-likeness (QED) is 0.356. The number of thioether (sulfide) groups is 1. The van der Waals surface area contributed by atoms with Gasteiger partial charge in [-0.15, -0.1) is 10.2 Å². The highest BCUT2D eigenvalue weighted by Crippen LogP contribution is 2.35. The Morgan fingerprint density at radius 1 is 1.13 bits per heavy atom. The Bertz CT molecular complexity index is 1430. The Balaban J connectivity index is 1.36. The van der Waals surface area contributed by atoms with Gasteiger partial charge in [-0.1, -0.05) is 60.4 Å². The van der Waals surface area contributed by atoms with Crippen LogP contribution in [0, 0.1) is 5.92 Å². The van der Waals surface area contributed by atoms with Crippen molar-refractivity contribution in [1.29, 1.82) is 0 Å². The molecule has 0 aliphatic heterocycles. The van der Waals surface area contributed by atoms with Crippen molar-refractivity contribution in [3.8, 4) is 0 Å². The van der Waals surface area contributed by atoms with Crippen LogP contribution >= 0.6 is 23.1 Å². The summed E-state index contributed by atoms with van der Waals surface area (Å²) in [5.41, 5.74) is 4.69. The third-order valence-corrected chi connectivity index (χ3v) is 7.93. The van der Waals surface area contributed by atoms with Gasteiger partial charge in [0.05, 0.1) is 21.5 Å². The lowest BCUT2D eigenvalue weighted by molar-refractivity contribution is 0.0943. The number of para-hydroxylation sites is 2. The summed E-state index contributed by atoms with van der Waals surface area (Å²) < 4.78 is 5.20. The lowest BCUT2D eigenvalue weighted by Crippen LogP contribution is -2.20. The summed E-state index contributed by atoms with van der Waals surface area (Å²) in [5, 5.41) is 10.7. The van der Waals surface area contributed by atoms with Crippen LogP contribution < -0.4 is 0 Å². The fourth-order valence-electron chi connectivity index (χ4n) is 4.61. The molecule has 5 nitrogen and oxygen atoms in total. The van der Waals surface area contributed by atoms with E-state index in [-0.39, 0.29) is 5.91 Å². The fraction of sp³-hybridized carbons (Fsp3) is 0.261. The van der Waals surface area contributed by atoms with Crippen LogP contribution in [0.3, 0.4) is 0 Å². The van der Waals surface area contributed by atoms with Gasteiger partial charge < -0.3 is 0 Å². The van der Waals surface area contributed by atoms with Crippen molar-refractivity contribution in [2.75, 3.05) is 5.75 Å². The number of hydrogen-bond acceptors (Lipinski definition) is 5. The number of fused-ring (bicyclic) bond motifs is 6. The van der Waals surface area contributed by atoms with E-state index in [4.69, 9.17) is 0 Å². The molecule has 0 N–H and O–H groups in total. The van der Waals surface area contributed by atoms with E-state index in [1.807, 2.05) is 22.8 Å². The molecule has 0 unspecified atom stereocenters. The lowest BCUT2D eigenvalue weighted by atomic mass is 9.88. The first-order chi connectivity index (χ1) is 14.7. The molecule has 0 amide bonds. The average Bonchev–Trinajstić information content (AvgIpc) is 3.42. The summed E-state index contributed by atoms with van der Waals surface area (Å²) in [6, 6.07) is 16.5. The summed E-state index contributed by atoms with van der Waals surface area (Å²) in [5.74, 6) is 1.12. The van der Waals surface area contributed by atoms with Crippen molar-refractivity contribution in [3.05, 3.63) is 59.8 Å². The maximum atomic E-state index is 13.4. The van der Waals surface area contributed by atoms with Gasteiger partial charge >= 0.3 is 0 Å². The summed E-state index contributed by atoms with van der Waals surface area (Å²) in [6.07, 6.45) is 3.15. The van der Waals surface area contributed by atoms with Gasteiger partial charge in [-0.3, -0.25) is 13.8 Å². The van der Waals surface area contributed by atoms with Gasteiger partial charge in [-0.25, -0.2) is 0 Å². The van der Waals surface area contributed by atoms with E-state index in [2.05, 4.69) is 51.9 Å². The van der Waals surface area contributed by atoms with Crippen LogP contribution in [0.15, 0.2) is 53.7 Å². The highest BCUT2D eigenvalue weighted by atomic mass is 32.2. The van der Waals surface area contributed by atoms with E-state index in [0.29, 0.717) is 11.7 Å². The zero-order chi connectivity index (χ0) is 20.2. The second kappa shape index (κ2) is 6.96. The summed E-state index contributed by atoms with van der Waals surface area (Å²) >= 11 is 3.09. The van der Waals surface area contributed by atoms with E-state index in [1.165, 1.54) is 33.1 Å². The SMILES string of the molecule is C[C@@H]1CCc2c(c3ccccc3n2C(=O)CSc2nnc3sc4ccccc4n23)C1. The Hall–Kier alpha value is -2.64. The highest BCUT2D eigenvalue weighted by Gasteiger charge is 2.26. The minimum Gasteiger partial charge on any atom is -0.283 e. The van der Waals surface area contributed by atoms with Crippen LogP contribution in [0.25, 0.3) is 26.1 Å². The Morgan fingerprint density at radius 2 is 1.93 bits per heavy atom. The predicted molar refractivity (Wildman–Crippen MR) is 123 cm³/mol. The van der Waals surface area contributed by atoms with Gasteiger partial charge in [0, 0.05) is 11.1 Å². The fourth-order valence-corrected chi connectivity index (χ4v) is 6.43. The number of carbonyl (C=O) groups is 1. The summed E-state index contributed by atoms with van der Waals surface area (Å²) in [6.45, 7) is 2.30. The number of carbonyl (C=O) groups excluding carboxylic acids is 1.